The molecule has 154 valence electrons. The molecule has 3 aromatic rings. The van der Waals surface area contributed by atoms with Crippen molar-refractivity contribution in [2.24, 2.45) is 7.05 Å². The minimum Gasteiger partial charge on any atom is -0.490 e. The highest BCUT2D eigenvalue weighted by Crippen LogP contribution is 2.30. The van der Waals surface area contributed by atoms with Gasteiger partial charge in [0.2, 0.25) is 0 Å². The number of piperidine rings is 1. The maximum absolute atomic E-state index is 12.7. The summed E-state index contributed by atoms with van der Waals surface area (Å²) in [5, 5.41) is 0.812. The summed E-state index contributed by atoms with van der Waals surface area (Å²) in [6.45, 7) is 0.923. The van der Waals surface area contributed by atoms with Gasteiger partial charge in [0.1, 0.15) is 17.7 Å². The fraction of sp³-hybridized carbons (Fsp3) is 0.400. The first kappa shape index (κ1) is 19.2. The van der Waals surface area contributed by atoms with Gasteiger partial charge in [0.25, 0.3) is 12.0 Å². The van der Waals surface area contributed by atoms with E-state index in [9.17, 15) is 18.4 Å². The molecule has 1 fully saturated rings. The Morgan fingerprint density at radius 3 is 2.66 bits per heavy atom. The van der Waals surface area contributed by atoms with Gasteiger partial charge < -0.3 is 14.2 Å². The molecule has 4 rings (SSSR count). The van der Waals surface area contributed by atoms with Crippen molar-refractivity contribution < 1.29 is 13.5 Å². The zero-order chi connectivity index (χ0) is 20.5. The lowest BCUT2D eigenvalue weighted by atomic mass is 10.1. The molecular weight excluding hydrogens is 382 g/mol. The smallest absolute Gasteiger partial charge is 0.329 e. The van der Waals surface area contributed by atoms with Crippen molar-refractivity contribution >= 4 is 16.7 Å². The van der Waals surface area contributed by atoms with Gasteiger partial charge in [-0.2, -0.15) is 0 Å². The zero-order valence-corrected chi connectivity index (χ0v) is 16.0. The number of H-pyrrole nitrogens is 1. The van der Waals surface area contributed by atoms with Crippen molar-refractivity contribution in [1.29, 1.82) is 0 Å². The van der Waals surface area contributed by atoms with Gasteiger partial charge in [-0.05, 0) is 18.2 Å². The molecule has 1 aliphatic heterocycles. The molecule has 2 aromatic heterocycles. The predicted octanol–water partition coefficient (Wildman–Crippen LogP) is 2.34. The predicted molar refractivity (Wildman–Crippen MR) is 106 cm³/mol. The Bertz CT molecular complexity index is 1100. The summed E-state index contributed by atoms with van der Waals surface area (Å²) in [4.78, 5) is 28.3. The largest absolute Gasteiger partial charge is 0.490 e. The Kier molecular flexibility index (Phi) is 5.12. The van der Waals surface area contributed by atoms with Gasteiger partial charge in [0.15, 0.2) is 0 Å². The lowest BCUT2D eigenvalue weighted by molar-refractivity contribution is 0.128. The molecule has 0 radical (unpaired) electrons. The number of aromatic nitrogens is 3. The van der Waals surface area contributed by atoms with Gasteiger partial charge in [-0.25, -0.2) is 13.6 Å². The van der Waals surface area contributed by atoms with Gasteiger partial charge >= 0.3 is 5.69 Å². The van der Waals surface area contributed by atoms with E-state index in [1.807, 2.05) is 11.0 Å². The van der Waals surface area contributed by atoms with Gasteiger partial charge in [-0.3, -0.25) is 14.3 Å². The van der Waals surface area contributed by atoms with Crippen LogP contribution in [0.5, 0.6) is 5.75 Å². The summed E-state index contributed by atoms with van der Waals surface area (Å²) < 4.78 is 34.2. The number of fused-ring (bicyclic) bond motifs is 1. The first-order valence-electron chi connectivity index (χ1n) is 9.50. The minimum atomic E-state index is -2.42. The number of hydrogen-bond donors (Lipinski definition) is 1. The molecule has 0 amide bonds. The number of rotatable bonds is 5. The van der Waals surface area contributed by atoms with Gasteiger partial charge in [-0.15, -0.1) is 0 Å². The van der Waals surface area contributed by atoms with Gasteiger partial charge in [0.05, 0.1) is 12.1 Å². The number of benzene rings is 1. The minimum absolute atomic E-state index is 0.0337. The monoisotopic (exact) mass is 404 g/mol. The third kappa shape index (κ3) is 3.90. The Labute approximate surface area is 165 Å². The molecule has 0 atom stereocenters. The fourth-order valence-corrected chi connectivity index (χ4v) is 3.71. The molecule has 1 aliphatic rings. The van der Waals surface area contributed by atoms with E-state index >= 15 is 0 Å². The third-order valence-corrected chi connectivity index (χ3v) is 5.32. The second-order valence-corrected chi connectivity index (χ2v) is 7.21. The third-order valence-electron chi connectivity index (χ3n) is 5.32. The normalized spacial score (nSPS) is 15.4. The molecule has 1 aromatic carbocycles. The van der Waals surface area contributed by atoms with Crippen LogP contribution in [-0.2, 0) is 13.6 Å². The molecule has 0 bridgehead atoms. The number of nitrogens with one attached hydrogen (secondary N) is 1. The SMILES string of the molecule is Cn1c(=O)cc(N2CCC(Oc3cccc4c3ccn4CC(F)F)CC2)[nH]c1=O. The maximum Gasteiger partial charge on any atom is 0.329 e. The van der Waals surface area contributed by atoms with Crippen LogP contribution in [-0.4, -0.2) is 39.7 Å². The lowest BCUT2D eigenvalue weighted by Crippen LogP contribution is -2.41. The summed E-state index contributed by atoms with van der Waals surface area (Å²) in [6.07, 6.45) is 0.629. The summed E-state index contributed by atoms with van der Waals surface area (Å²) in [6, 6.07) is 8.68. The Morgan fingerprint density at radius 2 is 1.97 bits per heavy atom. The molecule has 9 heteroatoms. The van der Waals surface area contributed by atoms with Gasteiger partial charge in [0, 0.05) is 50.6 Å². The van der Waals surface area contributed by atoms with E-state index in [-0.39, 0.29) is 18.2 Å². The Hall–Kier alpha value is -3.10. The summed E-state index contributed by atoms with van der Waals surface area (Å²) >= 11 is 0. The maximum atomic E-state index is 12.7. The van der Waals surface area contributed by atoms with E-state index in [1.165, 1.54) is 17.7 Å². The molecule has 1 saturated heterocycles. The number of anilines is 1. The molecule has 7 nitrogen and oxygen atoms in total. The molecule has 1 N–H and O–H groups in total. The first-order valence-corrected chi connectivity index (χ1v) is 9.50. The molecule has 0 unspecified atom stereocenters. The first-order chi connectivity index (χ1) is 13.9. The number of aromatic amines is 1. The number of alkyl halides is 2. The van der Waals surface area contributed by atoms with Crippen molar-refractivity contribution in [1.82, 2.24) is 14.1 Å². The van der Waals surface area contributed by atoms with E-state index in [2.05, 4.69) is 4.98 Å². The van der Waals surface area contributed by atoms with Crippen LogP contribution in [0.3, 0.4) is 0 Å². The van der Waals surface area contributed by atoms with Crippen LogP contribution >= 0.6 is 0 Å². The van der Waals surface area contributed by atoms with Crippen molar-refractivity contribution in [3.8, 4) is 5.75 Å². The number of nitrogens with zero attached hydrogens (tertiary/aromatic N) is 3. The summed E-state index contributed by atoms with van der Waals surface area (Å²) in [5.74, 6) is 1.19. The zero-order valence-electron chi connectivity index (χ0n) is 16.0. The fourth-order valence-electron chi connectivity index (χ4n) is 3.71. The van der Waals surface area contributed by atoms with Crippen molar-refractivity contribution in [3.05, 3.63) is 57.4 Å². The number of hydrogen-bond acceptors (Lipinski definition) is 4. The van der Waals surface area contributed by atoms with E-state index in [1.54, 1.807) is 24.4 Å². The molecule has 0 aliphatic carbocycles. The number of halogens is 2. The lowest BCUT2D eigenvalue weighted by Gasteiger charge is -2.33. The highest BCUT2D eigenvalue weighted by atomic mass is 19.3. The Morgan fingerprint density at radius 1 is 1.21 bits per heavy atom. The van der Waals surface area contributed by atoms with Gasteiger partial charge in [-0.1, -0.05) is 6.07 Å². The quantitative estimate of drug-likeness (QED) is 0.709. The van der Waals surface area contributed by atoms with E-state index in [0.29, 0.717) is 37.5 Å². The summed E-state index contributed by atoms with van der Waals surface area (Å²) in [5.41, 5.74) is -0.0640. The van der Waals surface area contributed by atoms with Crippen molar-refractivity contribution in [2.45, 2.75) is 31.9 Å². The second kappa shape index (κ2) is 7.73. The van der Waals surface area contributed by atoms with Crippen LogP contribution in [0.25, 0.3) is 10.9 Å². The van der Waals surface area contributed by atoms with Crippen LogP contribution in [0, 0.1) is 0 Å². The van der Waals surface area contributed by atoms with Crippen molar-refractivity contribution in [3.63, 3.8) is 0 Å². The summed E-state index contributed by atoms with van der Waals surface area (Å²) in [7, 11) is 1.43. The van der Waals surface area contributed by atoms with Crippen LogP contribution in [0.2, 0.25) is 0 Å². The molecule has 0 saturated carbocycles. The van der Waals surface area contributed by atoms with Crippen LogP contribution in [0.15, 0.2) is 46.1 Å². The highest BCUT2D eigenvalue weighted by molar-refractivity contribution is 5.86. The van der Waals surface area contributed by atoms with Crippen LogP contribution < -0.4 is 20.9 Å². The Balaban J connectivity index is 1.46. The van der Waals surface area contributed by atoms with Crippen molar-refractivity contribution in [2.75, 3.05) is 18.0 Å². The standard InChI is InChI=1S/C20H22F2N4O3/c1-24-19(27)11-18(23-20(24)28)25-8-5-13(6-9-25)29-16-4-2-3-15-14(16)7-10-26(15)12-17(21)22/h2-4,7,10-11,13,17H,5-6,8-9,12H2,1H3,(H,23,28). The van der Waals surface area contributed by atoms with E-state index in [4.69, 9.17) is 4.74 Å². The van der Waals surface area contributed by atoms with E-state index in [0.717, 1.165) is 15.5 Å². The number of ether oxygens (including phenoxy) is 1. The highest BCUT2D eigenvalue weighted by Gasteiger charge is 2.23. The van der Waals surface area contributed by atoms with E-state index < -0.39 is 12.1 Å². The average Bonchev–Trinajstić information content (AvgIpc) is 3.09. The molecule has 3 heterocycles. The topological polar surface area (TPSA) is 72.3 Å². The second-order valence-electron chi connectivity index (χ2n) is 7.21. The average molecular weight is 404 g/mol. The molecular formula is C20H22F2N4O3. The molecule has 0 spiro atoms. The molecule has 29 heavy (non-hydrogen) atoms. The van der Waals surface area contributed by atoms with Crippen LogP contribution in [0.1, 0.15) is 12.8 Å². The van der Waals surface area contributed by atoms with Crippen LogP contribution in [0.4, 0.5) is 14.6 Å².